The molecule has 1 fully saturated rings. The Morgan fingerprint density at radius 2 is 2.06 bits per heavy atom. The lowest BCUT2D eigenvalue weighted by Gasteiger charge is -2.09. The van der Waals surface area contributed by atoms with Crippen LogP contribution >= 0.6 is 0 Å². The zero-order valence-electron chi connectivity index (χ0n) is 9.56. The van der Waals surface area contributed by atoms with Gasteiger partial charge in [-0.2, -0.15) is 0 Å². The number of nitrogens with zero attached hydrogens (tertiary/aromatic N) is 2. The van der Waals surface area contributed by atoms with E-state index in [1.807, 2.05) is 11.7 Å². The molecule has 3 nitrogen and oxygen atoms in total. The number of rotatable bonds is 2. The first-order valence-corrected chi connectivity index (χ1v) is 5.72. The first kappa shape index (κ1) is 10.3. The van der Waals surface area contributed by atoms with Crippen LogP contribution in [0.1, 0.15) is 24.5 Å². The third-order valence-electron chi connectivity index (χ3n) is 3.20. The van der Waals surface area contributed by atoms with E-state index in [1.54, 1.807) is 18.2 Å². The minimum Gasteiger partial charge on any atom is -0.285 e. The van der Waals surface area contributed by atoms with E-state index in [1.165, 1.54) is 16.8 Å². The van der Waals surface area contributed by atoms with E-state index in [2.05, 4.69) is 0 Å². The highest BCUT2D eigenvalue weighted by atomic mass is 19.1. The Balaban J connectivity index is 2.17. The molecule has 17 heavy (non-hydrogen) atoms. The fourth-order valence-corrected chi connectivity index (χ4v) is 2.21. The maximum Gasteiger partial charge on any atom is 0.271 e. The summed E-state index contributed by atoms with van der Waals surface area (Å²) in [5.74, 6) is 0.172. The average Bonchev–Trinajstić information content (AvgIpc) is 3.06. The molecular formula is C13H13FN2O. The topological polar surface area (TPSA) is 26.9 Å². The maximum atomic E-state index is 13.2. The van der Waals surface area contributed by atoms with Crippen LogP contribution in [0.5, 0.6) is 0 Å². The van der Waals surface area contributed by atoms with Crippen LogP contribution in [0.15, 0.2) is 35.1 Å². The van der Waals surface area contributed by atoms with E-state index in [9.17, 15) is 9.18 Å². The number of hydrogen-bond acceptors (Lipinski definition) is 1. The largest absolute Gasteiger partial charge is 0.285 e. The fraction of sp³-hybridized carbons (Fsp3) is 0.308. The summed E-state index contributed by atoms with van der Waals surface area (Å²) in [6.07, 6.45) is 2.28. The van der Waals surface area contributed by atoms with Gasteiger partial charge in [0.05, 0.1) is 5.69 Å². The third-order valence-corrected chi connectivity index (χ3v) is 3.20. The highest BCUT2D eigenvalue weighted by molar-refractivity contribution is 5.32. The van der Waals surface area contributed by atoms with Gasteiger partial charge in [0.15, 0.2) is 0 Å². The van der Waals surface area contributed by atoms with Gasteiger partial charge in [0.2, 0.25) is 0 Å². The van der Waals surface area contributed by atoms with Crippen LogP contribution in [0.3, 0.4) is 0 Å². The molecule has 0 aliphatic heterocycles. The van der Waals surface area contributed by atoms with Crippen molar-refractivity contribution < 1.29 is 4.39 Å². The second-order valence-electron chi connectivity index (χ2n) is 4.50. The molecule has 0 bridgehead atoms. The number of hydrogen-bond donors (Lipinski definition) is 0. The van der Waals surface area contributed by atoms with Crippen LogP contribution in [0, 0.1) is 5.82 Å². The Kier molecular flexibility index (Phi) is 2.18. The molecule has 0 saturated heterocycles. The highest BCUT2D eigenvalue weighted by Crippen LogP contribution is 2.39. The summed E-state index contributed by atoms with van der Waals surface area (Å²) in [7, 11) is 1.85. The molecule has 0 radical (unpaired) electrons. The molecule has 1 aliphatic carbocycles. The van der Waals surface area contributed by atoms with Crippen LogP contribution < -0.4 is 5.56 Å². The minimum absolute atomic E-state index is 0.0972. The molecule has 0 spiro atoms. The summed E-state index contributed by atoms with van der Waals surface area (Å²) in [6.45, 7) is 0. The van der Waals surface area contributed by atoms with Gasteiger partial charge < -0.3 is 0 Å². The van der Waals surface area contributed by atoms with E-state index in [4.69, 9.17) is 0 Å². The van der Waals surface area contributed by atoms with Crippen molar-refractivity contribution in [1.29, 1.82) is 0 Å². The Bertz CT molecular complexity index is 623. The van der Waals surface area contributed by atoms with Gasteiger partial charge in [-0.25, -0.2) is 9.07 Å². The normalized spacial score (nSPS) is 15.2. The van der Waals surface area contributed by atoms with Crippen LogP contribution in [-0.4, -0.2) is 9.36 Å². The quantitative estimate of drug-likeness (QED) is 0.779. The van der Waals surface area contributed by atoms with Crippen molar-refractivity contribution in [3.63, 3.8) is 0 Å². The van der Waals surface area contributed by atoms with Crippen molar-refractivity contribution >= 4 is 0 Å². The zero-order valence-corrected chi connectivity index (χ0v) is 9.56. The second kappa shape index (κ2) is 3.58. The number of benzene rings is 1. The van der Waals surface area contributed by atoms with E-state index in [0.29, 0.717) is 11.6 Å². The van der Waals surface area contributed by atoms with Gasteiger partial charge in [-0.3, -0.25) is 9.48 Å². The SMILES string of the molecule is Cn1c(C2CC2)cc(=O)n1-c1cccc(F)c1. The molecule has 1 aromatic heterocycles. The summed E-state index contributed by atoms with van der Waals surface area (Å²) < 4.78 is 16.5. The fourth-order valence-electron chi connectivity index (χ4n) is 2.21. The van der Waals surface area contributed by atoms with Gasteiger partial charge in [0, 0.05) is 24.7 Å². The molecule has 2 aromatic rings. The monoisotopic (exact) mass is 232 g/mol. The molecule has 0 atom stereocenters. The lowest BCUT2D eigenvalue weighted by molar-refractivity contribution is 0.600. The molecule has 88 valence electrons. The van der Waals surface area contributed by atoms with Gasteiger partial charge in [-0.05, 0) is 31.0 Å². The molecule has 1 saturated carbocycles. The van der Waals surface area contributed by atoms with Gasteiger partial charge in [-0.1, -0.05) is 6.07 Å². The van der Waals surface area contributed by atoms with Crippen molar-refractivity contribution in [2.45, 2.75) is 18.8 Å². The first-order chi connectivity index (χ1) is 8.16. The van der Waals surface area contributed by atoms with Crippen molar-refractivity contribution in [2.24, 2.45) is 7.05 Å². The molecular weight excluding hydrogens is 219 g/mol. The van der Waals surface area contributed by atoms with Gasteiger partial charge in [-0.15, -0.1) is 0 Å². The molecule has 0 unspecified atom stereocenters. The Morgan fingerprint density at radius 3 is 2.71 bits per heavy atom. The second-order valence-corrected chi connectivity index (χ2v) is 4.50. The summed E-state index contributed by atoms with van der Waals surface area (Å²) in [6, 6.07) is 7.75. The maximum absolute atomic E-state index is 13.2. The zero-order chi connectivity index (χ0) is 12.0. The van der Waals surface area contributed by atoms with Crippen molar-refractivity contribution in [3.8, 4) is 5.69 Å². The van der Waals surface area contributed by atoms with E-state index >= 15 is 0 Å². The van der Waals surface area contributed by atoms with Crippen molar-refractivity contribution in [1.82, 2.24) is 9.36 Å². The van der Waals surface area contributed by atoms with Gasteiger partial charge in [0.25, 0.3) is 5.56 Å². The van der Waals surface area contributed by atoms with Crippen LogP contribution in [0.2, 0.25) is 0 Å². The summed E-state index contributed by atoms with van der Waals surface area (Å²) in [5.41, 5.74) is 1.52. The van der Waals surface area contributed by atoms with Crippen molar-refractivity contribution in [2.75, 3.05) is 0 Å². The van der Waals surface area contributed by atoms with Crippen LogP contribution in [-0.2, 0) is 7.05 Å². The first-order valence-electron chi connectivity index (χ1n) is 5.72. The molecule has 3 rings (SSSR count). The van der Waals surface area contributed by atoms with Gasteiger partial charge in [0.1, 0.15) is 5.82 Å². The predicted molar refractivity (Wildman–Crippen MR) is 62.9 cm³/mol. The number of halogens is 1. The molecule has 1 heterocycles. The van der Waals surface area contributed by atoms with Crippen molar-refractivity contribution in [3.05, 3.63) is 52.2 Å². The van der Waals surface area contributed by atoms with E-state index in [0.717, 1.165) is 18.5 Å². The lowest BCUT2D eigenvalue weighted by atomic mass is 10.3. The molecule has 1 aliphatic rings. The molecule has 4 heteroatoms. The third kappa shape index (κ3) is 1.69. The minimum atomic E-state index is -0.330. The van der Waals surface area contributed by atoms with E-state index in [-0.39, 0.29) is 11.4 Å². The van der Waals surface area contributed by atoms with Crippen LogP contribution in [0.4, 0.5) is 4.39 Å². The smallest absolute Gasteiger partial charge is 0.271 e. The summed E-state index contributed by atoms with van der Waals surface area (Å²) in [4.78, 5) is 11.9. The average molecular weight is 232 g/mol. The van der Waals surface area contributed by atoms with E-state index < -0.39 is 0 Å². The summed E-state index contributed by atoms with van der Waals surface area (Å²) in [5, 5.41) is 0. The molecule has 0 N–H and O–H groups in total. The lowest BCUT2D eigenvalue weighted by Crippen LogP contribution is -2.19. The summed E-state index contributed by atoms with van der Waals surface area (Å²) >= 11 is 0. The molecule has 0 amide bonds. The predicted octanol–water partition coefficient (Wildman–Crippen LogP) is 2.19. The number of aromatic nitrogens is 2. The Labute approximate surface area is 98.1 Å². The highest BCUT2D eigenvalue weighted by Gasteiger charge is 2.28. The standard InChI is InChI=1S/C13H13FN2O/c1-15-12(9-5-6-9)8-13(17)16(15)11-4-2-3-10(14)7-11/h2-4,7-9H,5-6H2,1H3. The van der Waals surface area contributed by atoms with Gasteiger partial charge >= 0.3 is 0 Å². The van der Waals surface area contributed by atoms with Crippen LogP contribution in [0.25, 0.3) is 5.69 Å². The Hall–Kier alpha value is -1.84. The molecule has 1 aromatic carbocycles. The Morgan fingerprint density at radius 1 is 1.29 bits per heavy atom.